The van der Waals surface area contributed by atoms with Crippen molar-refractivity contribution in [2.45, 2.75) is 37.6 Å². The van der Waals surface area contributed by atoms with Crippen LogP contribution >= 0.6 is 0 Å². The van der Waals surface area contributed by atoms with Gasteiger partial charge in [-0.05, 0) is 31.7 Å². The molecule has 1 aromatic carbocycles. The van der Waals surface area contributed by atoms with Gasteiger partial charge in [-0.25, -0.2) is 0 Å². The fourth-order valence-electron chi connectivity index (χ4n) is 3.93. The van der Waals surface area contributed by atoms with Crippen molar-refractivity contribution in [2.75, 3.05) is 13.1 Å². The molecule has 3 heterocycles. The molecule has 1 unspecified atom stereocenters. The Balaban J connectivity index is 1.43. The largest absolute Gasteiger partial charge is 0.361 e. The van der Waals surface area contributed by atoms with Crippen LogP contribution in [-0.4, -0.2) is 40.5 Å². The Kier molecular flexibility index (Phi) is 3.82. The van der Waals surface area contributed by atoms with Crippen molar-refractivity contribution < 1.29 is 14.1 Å². The van der Waals surface area contributed by atoms with Gasteiger partial charge in [-0.2, -0.15) is 0 Å². The van der Waals surface area contributed by atoms with Crippen LogP contribution in [0.5, 0.6) is 0 Å². The summed E-state index contributed by atoms with van der Waals surface area (Å²) in [4.78, 5) is 26.8. The number of benzene rings is 1. The summed E-state index contributed by atoms with van der Waals surface area (Å²) in [6.07, 6.45) is 2.33. The molecular weight excluding hydrogens is 318 g/mol. The Morgan fingerprint density at radius 1 is 1.28 bits per heavy atom. The summed E-state index contributed by atoms with van der Waals surface area (Å²) in [7, 11) is 0. The van der Waals surface area contributed by atoms with Gasteiger partial charge in [-0.1, -0.05) is 35.5 Å². The molecule has 4 rings (SSSR count). The molecule has 2 aliphatic heterocycles. The predicted molar refractivity (Wildman–Crippen MR) is 91.1 cm³/mol. The first-order chi connectivity index (χ1) is 12.1. The molecule has 0 radical (unpaired) electrons. The number of hydrogen-bond acceptors (Lipinski definition) is 4. The summed E-state index contributed by atoms with van der Waals surface area (Å²) in [5.41, 5.74) is 1.22. The summed E-state index contributed by atoms with van der Waals surface area (Å²) in [6, 6.07) is 11.6. The lowest BCUT2D eigenvalue weighted by Crippen LogP contribution is -2.52. The maximum absolute atomic E-state index is 12.5. The average molecular weight is 339 g/mol. The van der Waals surface area contributed by atoms with Gasteiger partial charge in [0.15, 0.2) is 5.69 Å². The van der Waals surface area contributed by atoms with E-state index in [2.05, 4.69) is 10.5 Å². The van der Waals surface area contributed by atoms with Gasteiger partial charge >= 0.3 is 0 Å². The van der Waals surface area contributed by atoms with E-state index in [1.165, 1.54) is 0 Å². The van der Waals surface area contributed by atoms with E-state index >= 15 is 0 Å². The predicted octanol–water partition coefficient (Wildman–Crippen LogP) is 2.26. The lowest BCUT2D eigenvalue weighted by atomic mass is 9.82. The van der Waals surface area contributed by atoms with Crippen LogP contribution in [0.25, 0.3) is 0 Å². The number of aromatic nitrogens is 1. The number of carbonyl (C=O) groups excluding carboxylic acids is 2. The SMILES string of the molecule is Cc1cc(C(=O)N2CCC3(CC2)CC(c2ccccc2)C(=O)N3)no1. The van der Waals surface area contributed by atoms with E-state index in [-0.39, 0.29) is 23.3 Å². The lowest BCUT2D eigenvalue weighted by Gasteiger charge is -2.39. The van der Waals surface area contributed by atoms with Gasteiger partial charge in [0.1, 0.15) is 5.76 Å². The summed E-state index contributed by atoms with van der Waals surface area (Å²) >= 11 is 0. The van der Waals surface area contributed by atoms with Crippen LogP contribution in [0.1, 0.15) is 47.0 Å². The Hall–Kier alpha value is -2.63. The number of hydrogen-bond donors (Lipinski definition) is 1. The molecule has 2 amide bonds. The van der Waals surface area contributed by atoms with Gasteiger partial charge in [0.2, 0.25) is 5.91 Å². The number of nitrogens with zero attached hydrogens (tertiary/aromatic N) is 2. The Morgan fingerprint density at radius 3 is 2.64 bits per heavy atom. The van der Waals surface area contributed by atoms with Crippen LogP contribution in [0.4, 0.5) is 0 Å². The second-order valence-electron chi connectivity index (χ2n) is 7.05. The molecule has 1 spiro atoms. The number of aryl methyl sites for hydroxylation is 1. The molecule has 1 aromatic heterocycles. The van der Waals surface area contributed by atoms with Gasteiger partial charge in [-0.3, -0.25) is 9.59 Å². The fourth-order valence-corrected chi connectivity index (χ4v) is 3.93. The number of rotatable bonds is 2. The highest BCUT2D eigenvalue weighted by Gasteiger charge is 2.46. The molecule has 2 aliphatic rings. The Bertz CT molecular complexity index is 791. The van der Waals surface area contributed by atoms with E-state index in [1.807, 2.05) is 30.3 Å². The standard InChI is InChI=1S/C19H21N3O3/c1-13-11-16(21-25-13)18(24)22-9-7-19(8-10-22)12-15(17(23)20-19)14-5-3-2-4-6-14/h2-6,11,15H,7-10,12H2,1H3,(H,20,23). The van der Waals surface area contributed by atoms with E-state index in [1.54, 1.807) is 17.9 Å². The molecule has 1 N–H and O–H groups in total. The van der Waals surface area contributed by atoms with Crippen molar-refractivity contribution in [3.05, 3.63) is 53.4 Å². The van der Waals surface area contributed by atoms with Crippen molar-refractivity contribution in [3.8, 4) is 0 Å². The zero-order valence-corrected chi connectivity index (χ0v) is 14.2. The molecular formula is C19H21N3O3. The number of amides is 2. The zero-order chi connectivity index (χ0) is 17.4. The highest BCUT2D eigenvalue weighted by molar-refractivity contribution is 5.92. The molecule has 2 aromatic rings. The van der Waals surface area contributed by atoms with E-state index in [4.69, 9.17) is 4.52 Å². The molecule has 6 nitrogen and oxygen atoms in total. The molecule has 25 heavy (non-hydrogen) atoms. The molecule has 2 saturated heterocycles. The zero-order valence-electron chi connectivity index (χ0n) is 14.2. The number of nitrogens with one attached hydrogen (secondary N) is 1. The van der Waals surface area contributed by atoms with Crippen LogP contribution in [0, 0.1) is 6.92 Å². The second-order valence-corrected chi connectivity index (χ2v) is 7.05. The Labute approximate surface area is 146 Å². The normalized spacial score (nSPS) is 22.2. The second kappa shape index (κ2) is 6.02. The minimum atomic E-state index is -0.200. The van der Waals surface area contributed by atoms with Crippen molar-refractivity contribution in [1.82, 2.24) is 15.4 Å². The molecule has 130 valence electrons. The molecule has 0 bridgehead atoms. The molecule has 6 heteroatoms. The van der Waals surface area contributed by atoms with E-state index < -0.39 is 0 Å². The fraction of sp³-hybridized carbons (Fsp3) is 0.421. The van der Waals surface area contributed by atoms with Crippen LogP contribution < -0.4 is 5.32 Å². The van der Waals surface area contributed by atoms with Gasteiger partial charge in [-0.15, -0.1) is 0 Å². The van der Waals surface area contributed by atoms with Gasteiger partial charge in [0.05, 0.1) is 5.92 Å². The van der Waals surface area contributed by atoms with Crippen molar-refractivity contribution >= 4 is 11.8 Å². The topological polar surface area (TPSA) is 75.4 Å². The summed E-state index contributed by atoms with van der Waals surface area (Å²) in [5.74, 6) is 0.529. The minimum Gasteiger partial charge on any atom is -0.361 e. The molecule has 1 atom stereocenters. The third kappa shape index (κ3) is 2.92. The molecule has 0 saturated carbocycles. The van der Waals surface area contributed by atoms with Crippen molar-refractivity contribution in [1.29, 1.82) is 0 Å². The average Bonchev–Trinajstić information content (AvgIpc) is 3.20. The van der Waals surface area contributed by atoms with Crippen LogP contribution in [0.15, 0.2) is 40.9 Å². The first-order valence-electron chi connectivity index (χ1n) is 8.66. The monoisotopic (exact) mass is 339 g/mol. The maximum Gasteiger partial charge on any atom is 0.276 e. The van der Waals surface area contributed by atoms with Crippen LogP contribution in [-0.2, 0) is 4.79 Å². The third-order valence-corrected chi connectivity index (χ3v) is 5.36. The van der Waals surface area contributed by atoms with Gasteiger partial charge < -0.3 is 14.7 Å². The van der Waals surface area contributed by atoms with Crippen LogP contribution in [0.2, 0.25) is 0 Å². The van der Waals surface area contributed by atoms with Gasteiger partial charge in [0, 0.05) is 24.7 Å². The lowest BCUT2D eigenvalue weighted by molar-refractivity contribution is -0.121. The first-order valence-corrected chi connectivity index (χ1v) is 8.66. The highest BCUT2D eigenvalue weighted by Crippen LogP contribution is 2.39. The van der Waals surface area contributed by atoms with E-state index in [0.717, 1.165) is 24.8 Å². The Morgan fingerprint density at radius 2 is 2.00 bits per heavy atom. The summed E-state index contributed by atoms with van der Waals surface area (Å²) in [5, 5.41) is 7.02. The smallest absolute Gasteiger partial charge is 0.276 e. The van der Waals surface area contributed by atoms with E-state index in [9.17, 15) is 9.59 Å². The summed E-state index contributed by atoms with van der Waals surface area (Å²) in [6.45, 7) is 3.01. The molecule has 0 aliphatic carbocycles. The van der Waals surface area contributed by atoms with Crippen molar-refractivity contribution in [3.63, 3.8) is 0 Å². The number of likely N-dealkylation sites (tertiary alicyclic amines) is 1. The summed E-state index contributed by atoms with van der Waals surface area (Å²) < 4.78 is 4.99. The number of carbonyl (C=O) groups is 2. The van der Waals surface area contributed by atoms with Gasteiger partial charge in [0.25, 0.3) is 5.91 Å². The third-order valence-electron chi connectivity index (χ3n) is 5.36. The van der Waals surface area contributed by atoms with Crippen molar-refractivity contribution in [2.24, 2.45) is 0 Å². The van der Waals surface area contributed by atoms with Crippen LogP contribution in [0.3, 0.4) is 0 Å². The number of piperidine rings is 1. The quantitative estimate of drug-likeness (QED) is 0.911. The van der Waals surface area contributed by atoms with E-state index in [0.29, 0.717) is 24.5 Å². The molecule has 2 fully saturated rings. The maximum atomic E-state index is 12.5. The highest BCUT2D eigenvalue weighted by atomic mass is 16.5. The minimum absolute atomic E-state index is 0.0955. The first kappa shape index (κ1) is 15.9.